The molecule has 0 radical (unpaired) electrons. The number of carbonyl (C=O) groups excluding carboxylic acids is 2. The van der Waals surface area contributed by atoms with E-state index in [1.54, 1.807) is 0 Å². The number of nitrogens with one attached hydrogen (secondary N) is 1. The Labute approximate surface area is 118 Å². The van der Waals surface area contributed by atoms with E-state index in [1.807, 2.05) is 37.3 Å². The van der Waals surface area contributed by atoms with Crippen LogP contribution in [0.1, 0.15) is 23.7 Å². The summed E-state index contributed by atoms with van der Waals surface area (Å²) >= 11 is 0. The summed E-state index contributed by atoms with van der Waals surface area (Å²) in [6, 6.07) is 9.17. The van der Waals surface area contributed by atoms with E-state index in [4.69, 9.17) is 0 Å². The molecule has 0 spiro atoms. The zero-order chi connectivity index (χ0) is 14.5. The van der Waals surface area contributed by atoms with Gasteiger partial charge in [0.1, 0.15) is 0 Å². The minimum atomic E-state index is -0.418. The van der Waals surface area contributed by atoms with Crippen LogP contribution in [-0.2, 0) is 4.74 Å². The van der Waals surface area contributed by atoms with Crippen molar-refractivity contribution in [2.24, 2.45) is 0 Å². The fourth-order valence-corrected chi connectivity index (χ4v) is 2.49. The molecule has 0 saturated carbocycles. The summed E-state index contributed by atoms with van der Waals surface area (Å²) in [5.74, 6) is 0.115. The molecule has 2 unspecified atom stereocenters. The van der Waals surface area contributed by atoms with Gasteiger partial charge in [0.2, 0.25) is 0 Å². The molecule has 1 aliphatic heterocycles. The van der Waals surface area contributed by atoms with Crippen LogP contribution >= 0.6 is 0 Å². The first-order valence-corrected chi connectivity index (χ1v) is 6.79. The van der Waals surface area contributed by atoms with Crippen molar-refractivity contribution in [3.63, 3.8) is 0 Å². The molecular formula is C15H20N2O3. The van der Waals surface area contributed by atoms with Gasteiger partial charge in [0.15, 0.2) is 5.78 Å². The number of Topliss-reactive ketones (excluding diaryl/α,β-unsaturated/α-hetero) is 1. The van der Waals surface area contributed by atoms with Gasteiger partial charge in [-0.25, -0.2) is 4.79 Å². The highest BCUT2D eigenvalue weighted by atomic mass is 16.5. The average Bonchev–Trinajstić information content (AvgIpc) is 2.95. The average molecular weight is 276 g/mol. The lowest BCUT2D eigenvalue weighted by atomic mass is 10.0. The Morgan fingerprint density at radius 2 is 2.05 bits per heavy atom. The van der Waals surface area contributed by atoms with Crippen molar-refractivity contribution in [1.29, 1.82) is 0 Å². The molecule has 0 aromatic heterocycles. The van der Waals surface area contributed by atoms with Gasteiger partial charge < -0.3 is 10.1 Å². The maximum absolute atomic E-state index is 12.4. The summed E-state index contributed by atoms with van der Waals surface area (Å²) in [6.07, 6.45) is 0.417. The van der Waals surface area contributed by atoms with Crippen LogP contribution in [0.3, 0.4) is 0 Å². The Morgan fingerprint density at radius 3 is 2.70 bits per heavy atom. The number of carbonyl (C=O) groups is 2. The first-order valence-electron chi connectivity index (χ1n) is 6.79. The fraction of sp³-hybridized carbons (Fsp3) is 0.467. The molecule has 20 heavy (non-hydrogen) atoms. The molecule has 1 aromatic rings. The smallest absolute Gasteiger partial charge is 0.407 e. The third kappa shape index (κ3) is 3.36. The van der Waals surface area contributed by atoms with Crippen LogP contribution in [0.2, 0.25) is 0 Å². The van der Waals surface area contributed by atoms with Gasteiger partial charge in [0.05, 0.1) is 13.2 Å². The van der Waals surface area contributed by atoms with Crippen molar-refractivity contribution in [1.82, 2.24) is 10.2 Å². The van der Waals surface area contributed by atoms with Crippen LogP contribution in [0, 0.1) is 0 Å². The van der Waals surface area contributed by atoms with Crippen LogP contribution in [0.15, 0.2) is 30.3 Å². The van der Waals surface area contributed by atoms with Crippen LogP contribution in [0.4, 0.5) is 4.79 Å². The van der Waals surface area contributed by atoms with E-state index in [-0.39, 0.29) is 17.9 Å². The molecule has 1 aromatic carbocycles. The van der Waals surface area contributed by atoms with E-state index in [1.165, 1.54) is 7.11 Å². The van der Waals surface area contributed by atoms with Crippen LogP contribution in [0.25, 0.3) is 0 Å². The second kappa shape index (κ2) is 6.52. The Bertz CT molecular complexity index is 475. The molecule has 108 valence electrons. The van der Waals surface area contributed by atoms with Crippen molar-refractivity contribution in [3.8, 4) is 0 Å². The highest BCUT2D eigenvalue weighted by Crippen LogP contribution is 2.16. The lowest BCUT2D eigenvalue weighted by Gasteiger charge is -2.23. The Balaban J connectivity index is 1.93. The van der Waals surface area contributed by atoms with E-state index in [0.717, 1.165) is 18.5 Å². The molecular weight excluding hydrogens is 256 g/mol. The number of ketones is 1. The minimum absolute atomic E-state index is 0.0495. The normalized spacial score (nSPS) is 20.4. The van der Waals surface area contributed by atoms with Crippen molar-refractivity contribution in [2.45, 2.75) is 25.4 Å². The molecule has 2 atom stereocenters. The van der Waals surface area contributed by atoms with Gasteiger partial charge in [-0.05, 0) is 13.3 Å². The fourth-order valence-electron chi connectivity index (χ4n) is 2.49. The Morgan fingerprint density at radius 1 is 1.35 bits per heavy atom. The zero-order valence-corrected chi connectivity index (χ0v) is 11.8. The number of nitrogens with zero attached hydrogens (tertiary/aromatic N) is 1. The van der Waals surface area contributed by atoms with Gasteiger partial charge in [0.25, 0.3) is 0 Å². The van der Waals surface area contributed by atoms with Gasteiger partial charge in [-0.1, -0.05) is 30.3 Å². The zero-order valence-electron chi connectivity index (χ0n) is 11.8. The van der Waals surface area contributed by atoms with Gasteiger partial charge in [-0.3, -0.25) is 9.69 Å². The number of ether oxygens (including phenoxy) is 1. The van der Waals surface area contributed by atoms with Gasteiger partial charge in [-0.2, -0.15) is 0 Å². The number of likely N-dealkylation sites (tertiary alicyclic amines) is 1. The number of rotatable bonds is 4. The summed E-state index contributed by atoms with van der Waals surface area (Å²) in [5, 5.41) is 2.78. The van der Waals surface area contributed by atoms with Gasteiger partial charge in [0, 0.05) is 24.7 Å². The summed E-state index contributed by atoms with van der Waals surface area (Å²) in [4.78, 5) is 25.6. The molecule has 1 heterocycles. The molecule has 1 N–H and O–H groups in total. The van der Waals surface area contributed by atoms with Crippen molar-refractivity contribution in [3.05, 3.63) is 35.9 Å². The first kappa shape index (κ1) is 14.5. The topological polar surface area (TPSA) is 58.6 Å². The van der Waals surface area contributed by atoms with Crippen molar-refractivity contribution in [2.75, 3.05) is 20.2 Å². The third-order valence-corrected chi connectivity index (χ3v) is 3.71. The summed E-state index contributed by atoms with van der Waals surface area (Å²) in [7, 11) is 1.35. The maximum Gasteiger partial charge on any atom is 0.407 e. The first-order chi connectivity index (χ1) is 9.61. The quantitative estimate of drug-likeness (QED) is 0.850. The second-order valence-electron chi connectivity index (χ2n) is 5.02. The molecule has 2 rings (SSSR count). The van der Waals surface area contributed by atoms with Crippen LogP contribution in [0.5, 0.6) is 0 Å². The lowest BCUT2D eigenvalue weighted by Crippen LogP contribution is -2.41. The number of hydrogen-bond donors (Lipinski definition) is 1. The van der Waals surface area contributed by atoms with E-state index in [2.05, 4.69) is 15.0 Å². The highest BCUT2D eigenvalue weighted by Gasteiger charge is 2.30. The molecule has 1 amide bonds. The number of alkyl carbamates (subject to hydrolysis) is 1. The predicted octanol–water partition coefficient (Wildman–Crippen LogP) is 1.69. The molecule has 1 saturated heterocycles. The molecule has 5 nitrogen and oxygen atoms in total. The molecule has 0 bridgehead atoms. The summed E-state index contributed by atoms with van der Waals surface area (Å²) < 4.78 is 4.59. The van der Waals surface area contributed by atoms with Crippen molar-refractivity contribution < 1.29 is 14.3 Å². The minimum Gasteiger partial charge on any atom is -0.453 e. The van der Waals surface area contributed by atoms with Gasteiger partial charge in [-0.15, -0.1) is 0 Å². The van der Waals surface area contributed by atoms with Gasteiger partial charge >= 0.3 is 6.09 Å². The predicted molar refractivity (Wildman–Crippen MR) is 75.8 cm³/mol. The van der Waals surface area contributed by atoms with Crippen LogP contribution in [-0.4, -0.2) is 49.1 Å². The van der Waals surface area contributed by atoms with Crippen molar-refractivity contribution >= 4 is 11.9 Å². The summed E-state index contributed by atoms with van der Waals surface area (Å²) in [6.45, 7) is 3.39. The van der Waals surface area contributed by atoms with E-state index < -0.39 is 6.09 Å². The Kier molecular flexibility index (Phi) is 4.74. The monoisotopic (exact) mass is 276 g/mol. The number of amides is 1. The maximum atomic E-state index is 12.4. The summed E-state index contributed by atoms with van der Waals surface area (Å²) in [5.41, 5.74) is 0.726. The number of methoxy groups -OCH3 is 1. The molecule has 0 aliphatic carbocycles. The number of benzene rings is 1. The molecule has 5 heteroatoms. The second-order valence-corrected chi connectivity index (χ2v) is 5.02. The lowest BCUT2D eigenvalue weighted by molar-refractivity contribution is 0.0864. The van der Waals surface area contributed by atoms with E-state index >= 15 is 0 Å². The number of hydrogen-bond acceptors (Lipinski definition) is 4. The SMILES string of the molecule is COC(=O)NC1CCN(C(C)C(=O)c2ccccc2)C1. The van der Waals surface area contributed by atoms with E-state index in [0.29, 0.717) is 6.54 Å². The van der Waals surface area contributed by atoms with Crippen LogP contribution < -0.4 is 5.32 Å². The third-order valence-electron chi connectivity index (χ3n) is 3.71. The largest absolute Gasteiger partial charge is 0.453 e. The van der Waals surface area contributed by atoms with E-state index in [9.17, 15) is 9.59 Å². The Hall–Kier alpha value is -1.88. The highest BCUT2D eigenvalue weighted by molar-refractivity contribution is 5.99. The standard InChI is InChI=1S/C15H20N2O3/c1-11(14(18)12-6-4-3-5-7-12)17-9-8-13(10-17)16-15(19)20-2/h3-7,11,13H,8-10H2,1-2H3,(H,16,19). The molecule has 1 aliphatic rings. The molecule has 1 fully saturated rings.